The molecule has 33 heavy (non-hydrogen) atoms. The van der Waals surface area contributed by atoms with Crippen LogP contribution < -0.4 is 5.56 Å². The first-order valence-electron chi connectivity index (χ1n) is 11.2. The van der Waals surface area contributed by atoms with E-state index in [0.717, 1.165) is 37.3 Å². The number of rotatable bonds is 8. The van der Waals surface area contributed by atoms with Crippen LogP contribution in [0.1, 0.15) is 30.0 Å². The van der Waals surface area contributed by atoms with Gasteiger partial charge in [0.25, 0.3) is 12.0 Å². The molecule has 2 atom stereocenters. The fourth-order valence-electron chi connectivity index (χ4n) is 4.74. The third-order valence-electron chi connectivity index (χ3n) is 6.30. The molecule has 0 unspecified atom stereocenters. The number of ether oxygens (including phenoxy) is 1. The molecule has 180 valence electrons. The van der Waals surface area contributed by atoms with Crippen molar-refractivity contribution in [2.75, 3.05) is 40.4 Å². The molecule has 4 heterocycles. The molecule has 4 rings (SSSR count). The highest BCUT2D eigenvalue weighted by molar-refractivity contribution is 5.76. The Kier molecular flexibility index (Phi) is 8.79. The Hall–Kier alpha value is -2.98. The quantitative estimate of drug-likeness (QED) is 0.583. The van der Waals surface area contributed by atoms with E-state index in [4.69, 9.17) is 14.6 Å². The number of amides is 1. The Morgan fingerprint density at radius 3 is 2.82 bits per heavy atom. The molecule has 1 fully saturated rings. The number of carboxylic acid groups (broad SMARTS) is 1. The minimum absolute atomic E-state index is 0.121. The number of carbonyl (C=O) groups is 2. The van der Waals surface area contributed by atoms with Gasteiger partial charge in [0.2, 0.25) is 5.91 Å². The van der Waals surface area contributed by atoms with Crippen LogP contribution in [-0.2, 0) is 34.0 Å². The van der Waals surface area contributed by atoms with E-state index in [2.05, 4.69) is 16.0 Å². The van der Waals surface area contributed by atoms with Crippen molar-refractivity contribution in [2.45, 2.75) is 38.4 Å². The lowest BCUT2D eigenvalue weighted by molar-refractivity contribution is -0.134. The standard InChI is InChI=1S/C22H31N5O3.CH2O2/c1-24(8-9-25-7-6-23-16-25)14-18-3-4-20-19-11-17(13-27(20)22(18)29)12-26(15-19)21(28)5-10-30-2;2-1-3/h3-4,6-7,16-17,19H,5,8-15H2,1-2H3;1H,(H,2,3)/t17-,19+;/m0./s1. The first-order valence-corrected chi connectivity index (χ1v) is 11.2. The molecule has 1 amide bonds. The summed E-state index contributed by atoms with van der Waals surface area (Å²) in [7, 11) is 3.66. The smallest absolute Gasteiger partial charge is 0.290 e. The number of pyridine rings is 1. The Labute approximate surface area is 193 Å². The largest absolute Gasteiger partial charge is 0.483 e. The third-order valence-corrected chi connectivity index (χ3v) is 6.30. The number of methoxy groups -OCH3 is 1. The predicted octanol–water partition coefficient (Wildman–Crippen LogP) is 0.860. The highest BCUT2D eigenvalue weighted by Crippen LogP contribution is 2.35. The van der Waals surface area contributed by atoms with E-state index in [-0.39, 0.29) is 23.9 Å². The molecular weight excluding hydrogens is 426 g/mol. The molecule has 0 saturated carbocycles. The van der Waals surface area contributed by atoms with E-state index in [1.165, 1.54) is 0 Å². The number of piperidine rings is 1. The van der Waals surface area contributed by atoms with E-state index < -0.39 is 0 Å². The van der Waals surface area contributed by atoms with E-state index in [1.54, 1.807) is 13.3 Å². The number of likely N-dealkylation sites (tertiary alicyclic amines) is 1. The van der Waals surface area contributed by atoms with E-state index in [0.29, 0.717) is 38.6 Å². The summed E-state index contributed by atoms with van der Waals surface area (Å²) < 4.78 is 9.06. The maximum absolute atomic E-state index is 13.2. The number of aromatic nitrogens is 3. The summed E-state index contributed by atoms with van der Waals surface area (Å²) in [5.74, 6) is 0.734. The first kappa shape index (κ1) is 24.7. The molecule has 2 aliphatic rings. The molecule has 2 aromatic heterocycles. The second-order valence-corrected chi connectivity index (χ2v) is 8.68. The van der Waals surface area contributed by atoms with Crippen molar-refractivity contribution < 1.29 is 19.4 Å². The van der Waals surface area contributed by atoms with Gasteiger partial charge in [-0.25, -0.2) is 4.98 Å². The maximum atomic E-state index is 13.2. The molecule has 2 aromatic rings. The van der Waals surface area contributed by atoms with Gasteiger partial charge in [0, 0.05) is 75.9 Å². The zero-order valence-corrected chi connectivity index (χ0v) is 19.3. The highest BCUT2D eigenvalue weighted by atomic mass is 16.5. The van der Waals surface area contributed by atoms with Crippen LogP contribution in [0.3, 0.4) is 0 Å². The van der Waals surface area contributed by atoms with Crippen LogP contribution in [0.4, 0.5) is 0 Å². The van der Waals surface area contributed by atoms with Crippen LogP contribution in [0.15, 0.2) is 35.6 Å². The molecule has 2 aliphatic heterocycles. The fourth-order valence-corrected chi connectivity index (χ4v) is 4.74. The number of hydrogen-bond acceptors (Lipinski definition) is 6. The molecule has 1 N–H and O–H groups in total. The summed E-state index contributed by atoms with van der Waals surface area (Å²) in [6.45, 7) is 4.67. The third kappa shape index (κ3) is 6.29. The van der Waals surface area contributed by atoms with Crippen LogP contribution in [0.5, 0.6) is 0 Å². The van der Waals surface area contributed by atoms with E-state index in [1.807, 2.05) is 39.7 Å². The van der Waals surface area contributed by atoms with Crippen LogP contribution in [0.2, 0.25) is 0 Å². The van der Waals surface area contributed by atoms with Crippen molar-refractivity contribution in [3.8, 4) is 0 Å². The van der Waals surface area contributed by atoms with Crippen LogP contribution in [0, 0.1) is 5.92 Å². The van der Waals surface area contributed by atoms with Crippen molar-refractivity contribution >= 4 is 12.4 Å². The highest BCUT2D eigenvalue weighted by Gasteiger charge is 2.36. The Balaban J connectivity index is 0.000000968. The number of imidazole rings is 1. The van der Waals surface area contributed by atoms with Gasteiger partial charge in [-0.15, -0.1) is 0 Å². The lowest BCUT2D eigenvalue weighted by Crippen LogP contribution is -2.49. The minimum atomic E-state index is -0.250. The Morgan fingerprint density at radius 1 is 1.33 bits per heavy atom. The predicted molar refractivity (Wildman–Crippen MR) is 122 cm³/mol. The van der Waals surface area contributed by atoms with Gasteiger partial charge >= 0.3 is 0 Å². The number of hydrogen-bond donors (Lipinski definition) is 1. The fraction of sp³-hybridized carbons (Fsp3) is 0.565. The van der Waals surface area contributed by atoms with Gasteiger partial charge in [-0.05, 0) is 25.5 Å². The van der Waals surface area contributed by atoms with Gasteiger partial charge in [-0.2, -0.15) is 0 Å². The van der Waals surface area contributed by atoms with Crippen molar-refractivity contribution in [3.05, 3.63) is 52.5 Å². The second-order valence-electron chi connectivity index (χ2n) is 8.68. The molecule has 0 aromatic carbocycles. The zero-order chi connectivity index (χ0) is 23.8. The lowest BCUT2D eigenvalue weighted by Gasteiger charge is -2.43. The van der Waals surface area contributed by atoms with Crippen LogP contribution >= 0.6 is 0 Å². The van der Waals surface area contributed by atoms with Crippen molar-refractivity contribution in [3.63, 3.8) is 0 Å². The Bertz CT molecular complexity index is 974. The molecular formula is C23H33N5O5. The van der Waals surface area contributed by atoms with Gasteiger partial charge < -0.3 is 28.8 Å². The van der Waals surface area contributed by atoms with Gasteiger partial charge in [0.05, 0.1) is 19.4 Å². The Morgan fingerprint density at radius 2 is 2.12 bits per heavy atom. The molecule has 0 spiro atoms. The zero-order valence-electron chi connectivity index (χ0n) is 19.3. The number of nitrogens with zero attached hydrogens (tertiary/aromatic N) is 5. The number of fused-ring (bicyclic) bond motifs is 4. The van der Waals surface area contributed by atoms with Gasteiger partial charge in [-0.3, -0.25) is 14.4 Å². The first-order chi connectivity index (χ1) is 16.0. The second kappa shape index (κ2) is 11.8. The summed E-state index contributed by atoms with van der Waals surface area (Å²) in [6, 6.07) is 4.08. The molecule has 10 heteroatoms. The average molecular weight is 460 g/mol. The van der Waals surface area contributed by atoms with Gasteiger partial charge in [0.1, 0.15) is 0 Å². The maximum Gasteiger partial charge on any atom is 0.290 e. The van der Waals surface area contributed by atoms with Gasteiger partial charge in [-0.1, -0.05) is 6.07 Å². The van der Waals surface area contributed by atoms with Crippen molar-refractivity contribution in [1.29, 1.82) is 0 Å². The SMILES string of the molecule is COCCC(=O)N1C[C@@H]2C[C@H](C1)c1ccc(CN(C)CCn3ccnc3)c(=O)n1C2.O=CO. The topological polar surface area (TPSA) is 110 Å². The van der Waals surface area contributed by atoms with Crippen LogP contribution in [0.25, 0.3) is 0 Å². The summed E-state index contributed by atoms with van der Waals surface area (Å²) in [4.78, 5) is 42.2. The van der Waals surface area contributed by atoms with Crippen molar-refractivity contribution in [2.24, 2.45) is 5.92 Å². The molecule has 0 radical (unpaired) electrons. The summed E-state index contributed by atoms with van der Waals surface area (Å²) in [5, 5.41) is 6.89. The summed E-state index contributed by atoms with van der Waals surface area (Å²) in [5.41, 5.74) is 2.03. The van der Waals surface area contributed by atoms with Crippen LogP contribution in [-0.4, -0.2) is 81.8 Å². The van der Waals surface area contributed by atoms with E-state index >= 15 is 0 Å². The average Bonchev–Trinajstić information content (AvgIpc) is 3.32. The number of likely N-dealkylation sites (N-methyl/N-ethyl adjacent to an activating group) is 1. The van der Waals surface area contributed by atoms with Crippen molar-refractivity contribution in [1.82, 2.24) is 23.9 Å². The monoisotopic (exact) mass is 459 g/mol. The lowest BCUT2D eigenvalue weighted by atomic mass is 9.83. The molecule has 2 bridgehead atoms. The summed E-state index contributed by atoms with van der Waals surface area (Å²) in [6.07, 6.45) is 7.01. The molecule has 0 aliphatic carbocycles. The minimum Gasteiger partial charge on any atom is -0.483 e. The summed E-state index contributed by atoms with van der Waals surface area (Å²) >= 11 is 0. The van der Waals surface area contributed by atoms with E-state index in [9.17, 15) is 9.59 Å². The van der Waals surface area contributed by atoms with Gasteiger partial charge in [0.15, 0.2) is 0 Å². The molecule has 10 nitrogen and oxygen atoms in total. The normalized spacial score (nSPS) is 18.9. The number of carbonyl (C=O) groups excluding carboxylic acids is 1. The molecule has 1 saturated heterocycles.